The van der Waals surface area contributed by atoms with Crippen molar-refractivity contribution in [2.75, 3.05) is 13.2 Å². The topological polar surface area (TPSA) is 172 Å². The van der Waals surface area contributed by atoms with Crippen molar-refractivity contribution in [3.8, 4) is 5.75 Å². The van der Waals surface area contributed by atoms with Gasteiger partial charge in [-0.05, 0) is 49.8 Å². The van der Waals surface area contributed by atoms with Gasteiger partial charge in [0, 0.05) is 6.08 Å². The summed E-state index contributed by atoms with van der Waals surface area (Å²) in [6.45, 7) is 2.87. The maximum atomic E-state index is 12.0. The van der Waals surface area contributed by atoms with Crippen LogP contribution >= 0.6 is 0 Å². The van der Waals surface area contributed by atoms with E-state index in [1.165, 1.54) is 24.3 Å². The summed E-state index contributed by atoms with van der Waals surface area (Å²) in [6.07, 6.45) is -3.99. The summed E-state index contributed by atoms with van der Waals surface area (Å²) in [5, 5.41) is 50.2. The van der Waals surface area contributed by atoms with Gasteiger partial charge in [0.25, 0.3) is 0 Å². The van der Waals surface area contributed by atoms with Crippen molar-refractivity contribution >= 4 is 18.0 Å². The summed E-state index contributed by atoms with van der Waals surface area (Å²) in [5.74, 6) is -1.38. The lowest BCUT2D eigenvalue weighted by molar-refractivity contribution is -0.299. The predicted octanol–water partition coefficient (Wildman–Crippen LogP) is -0.0483. The molecule has 2 heterocycles. The van der Waals surface area contributed by atoms with Crippen LogP contribution in [0.4, 0.5) is 0 Å². The fraction of sp³-hybridized carbons (Fsp3) is 0.440. The zero-order valence-corrected chi connectivity index (χ0v) is 19.8. The average molecular weight is 507 g/mol. The Bertz CT molecular complexity index is 1010. The molecule has 0 aromatic heterocycles. The van der Waals surface area contributed by atoms with Gasteiger partial charge in [0.15, 0.2) is 12.4 Å². The highest BCUT2D eigenvalue weighted by Crippen LogP contribution is 2.25. The van der Waals surface area contributed by atoms with Crippen molar-refractivity contribution in [3.63, 3.8) is 0 Å². The fourth-order valence-electron chi connectivity index (χ4n) is 3.60. The minimum Gasteiger partial charge on any atom is -0.508 e. The molecule has 11 nitrogen and oxygen atoms in total. The highest BCUT2D eigenvalue weighted by atomic mass is 16.7. The number of aromatic hydroxyl groups is 1. The molecule has 196 valence electrons. The Morgan fingerprint density at radius 2 is 1.75 bits per heavy atom. The van der Waals surface area contributed by atoms with Gasteiger partial charge >= 0.3 is 11.9 Å². The third-order valence-corrected chi connectivity index (χ3v) is 5.53. The Hall–Kier alpha value is -3.06. The van der Waals surface area contributed by atoms with Gasteiger partial charge < -0.3 is 44.5 Å². The summed E-state index contributed by atoms with van der Waals surface area (Å²) in [4.78, 5) is 24.0. The van der Waals surface area contributed by atoms with Crippen molar-refractivity contribution in [2.24, 2.45) is 0 Å². The lowest BCUT2D eigenvalue weighted by Gasteiger charge is -2.39. The SMILES string of the molecule is CC(C)=CC1OC(=O)C(=CCOC2OC(COC(=O)C=Cc3ccc(O)cc3)C(O)C(O)C2O)C1O. The lowest BCUT2D eigenvalue weighted by atomic mass is 9.99. The molecule has 1 aromatic rings. The van der Waals surface area contributed by atoms with E-state index in [4.69, 9.17) is 18.9 Å². The van der Waals surface area contributed by atoms with E-state index in [1.807, 2.05) is 0 Å². The Balaban J connectivity index is 1.55. The van der Waals surface area contributed by atoms with Crippen LogP contribution in [0.5, 0.6) is 5.75 Å². The fourth-order valence-corrected chi connectivity index (χ4v) is 3.60. The number of phenolic OH excluding ortho intramolecular Hbond substituents is 1. The second-order valence-corrected chi connectivity index (χ2v) is 8.62. The summed E-state index contributed by atoms with van der Waals surface area (Å²) in [5.41, 5.74) is 1.48. The molecular weight excluding hydrogens is 476 g/mol. The Morgan fingerprint density at radius 3 is 2.42 bits per heavy atom. The number of cyclic esters (lactones) is 1. The maximum Gasteiger partial charge on any atom is 0.337 e. The third-order valence-electron chi connectivity index (χ3n) is 5.53. The van der Waals surface area contributed by atoms with Gasteiger partial charge in [-0.15, -0.1) is 0 Å². The number of benzene rings is 1. The Kier molecular flexibility index (Phi) is 9.37. The first kappa shape index (κ1) is 27.5. The first-order valence-electron chi connectivity index (χ1n) is 11.3. The van der Waals surface area contributed by atoms with Crippen LogP contribution < -0.4 is 0 Å². The molecule has 2 saturated heterocycles. The predicted molar refractivity (Wildman–Crippen MR) is 124 cm³/mol. The first-order valence-corrected chi connectivity index (χ1v) is 11.3. The minimum absolute atomic E-state index is 0.0192. The Morgan fingerprint density at radius 1 is 1.06 bits per heavy atom. The number of carbonyl (C=O) groups is 2. The molecule has 3 rings (SSSR count). The lowest BCUT2D eigenvalue weighted by Crippen LogP contribution is -2.59. The summed E-state index contributed by atoms with van der Waals surface area (Å²) < 4.78 is 21.1. The zero-order valence-electron chi connectivity index (χ0n) is 19.8. The van der Waals surface area contributed by atoms with E-state index in [1.54, 1.807) is 32.1 Å². The number of allylic oxidation sites excluding steroid dienone is 1. The van der Waals surface area contributed by atoms with Gasteiger partial charge in [-0.25, -0.2) is 9.59 Å². The molecule has 7 unspecified atom stereocenters. The van der Waals surface area contributed by atoms with E-state index in [2.05, 4.69) is 0 Å². The second-order valence-electron chi connectivity index (χ2n) is 8.62. The van der Waals surface area contributed by atoms with Crippen molar-refractivity contribution < 1.29 is 54.1 Å². The van der Waals surface area contributed by atoms with Gasteiger partial charge in [0.2, 0.25) is 0 Å². The standard InChI is InChI=1S/C25H30O11/c1-13(2)11-17-20(28)16(24(32)35-17)9-10-33-25-23(31)22(30)21(29)18(36-25)12-34-19(27)8-5-14-3-6-15(26)7-4-14/h3-9,11,17-18,20-23,25-26,28-31H,10,12H2,1-2H3. The molecule has 5 N–H and O–H groups in total. The van der Waals surface area contributed by atoms with Crippen molar-refractivity contribution in [2.45, 2.75) is 56.8 Å². The maximum absolute atomic E-state index is 12.0. The number of esters is 2. The normalized spacial score (nSPS) is 31.4. The van der Waals surface area contributed by atoms with Crippen LogP contribution in [-0.4, -0.2) is 93.6 Å². The van der Waals surface area contributed by atoms with Crippen LogP contribution in [0.2, 0.25) is 0 Å². The number of phenols is 1. The van der Waals surface area contributed by atoms with Gasteiger partial charge in [-0.2, -0.15) is 0 Å². The highest BCUT2D eigenvalue weighted by Gasteiger charge is 2.45. The van der Waals surface area contributed by atoms with Gasteiger partial charge in [0.1, 0.15) is 42.9 Å². The third kappa shape index (κ3) is 7.00. The van der Waals surface area contributed by atoms with E-state index in [9.17, 15) is 35.1 Å². The highest BCUT2D eigenvalue weighted by molar-refractivity contribution is 5.92. The van der Waals surface area contributed by atoms with E-state index in [-0.39, 0.29) is 17.9 Å². The van der Waals surface area contributed by atoms with Gasteiger partial charge in [0.05, 0.1) is 12.2 Å². The number of hydrogen-bond acceptors (Lipinski definition) is 11. The van der Waals surface area contributed by atoms with Crippen molar-refractivity contribution in [1.82, 2.24) is 0 Å². The monoisotopic (exact) mass is 506 g/mol. The summed E-state index contributed by atoms with van der Waals surface area (Å²) >= 11 is 0. The van der Waals surface area contributed by atoms with E-state index in [0.717, 1.165) is 11.6 Å². The molecule has 0 aliphatic carbocycles. The number of aliphatic hydroxyl groups is 4. The first-order chi connectivity index (χ1) is 17.1. The molecular formula is C25H30O11. The number of hydrogen-bond donors (Lipinski definition) is 5. The molecule has 0 saturated carbocycles. The van der Waals surface area contributed by atoms with Crippen LogP contribution in [0.3, 0.4) is 0 Å². The largest absolute Gasteiger partial charge is 0.508 e. The number of rotatable bonds is 8. The molecule has 36 heavy (non-hydrogen) atoms. The molecule has 7 atom stereocenters. The quantitative estimate of drug-likeness (QED) is 0.182. The summed E-state index contributed by atoms with van der Waals surface area (Å²) in [7, 11) is 0. The van der Waals surface area contributed by atoms with Crippen LogP contribution in [0.15, 0.2) is 53.6 Å². The van der Waals surface area contributed by atoms with Crippen LogP contribution in [0.1, 0.15) is 19.4 Å². The van der Waals surface area contributed by atoms with Crippen LogP contribution in [-0.2, 0) is 28.5 Å². The molecule has 1 aromatic carbocycles. The summed E-state index contributed by atoms with van der Waals surface area (Å²) in [6, 6.07) is 6.10. The molecule has 0 bridgehead atoms. The molecule has 11 heteroatoms. The number of ether oxygens (including phenoxy) is 4. The van der Waals surface area contributed by atoms with Crippen LogP contribution in [0.25, 0.3) is 6.08 Å². The molecule has 0 amide bonds. The second kappa shape index (κ2) is 12.3. The zero-order chi connectivity index (χ0) is 26.4. The van der Waals surface area contributed by atoms with Crippen LogP contribution in [0, 0.1) is 0 Å². The average Bonchev–Trinajstić information content (AvgIpc) is 3.09. The molecule has 0 radical (unpaired) electrons. The van der Waals surface area contributed by atoms with E-state index < -0.39 is 61.5 Å². The van der Waals surface area contributed by atoms with Crippen molar-refractivity contribution in [1.29, 1.82) is 0 Å². The van der Waals surface area contributed by atoms with Gasteiger partial charge in [-0.1, -0.05) is 17.7 Å². The van der Waals surface area contributed by atoms with E-state index in [0.29, 0.717) is 5.56 Å². The van der Waals surface area contributed by atoms with Crippen molar-refractivity contribution in [3.05, 3.63) is 59.2 Å². The number of carbonyl (C=O) groups excluding carboxylic acids is 2. The molecule has 2 aliphatic rings. The smallest absolute Gasteiger partial charge is 0.337 e. The number of aliphatic hydroxyl groups excluding tert-OH is 4. The minimum atomic E-state index is -1.66. The van der Waals surface area contributed by atoms with Gasteiger partial charge in [-0.3, -0.25) is 0 Å². The Labute approximate surface area is 207 Å². The molecule has 2 aliphatic heterocycles. The molecule has 2 fully saturated rings. The van der Waals surface area contributed by atoms with E-state index >= 15 is 0 Å². The molecule has 0 spiro atoms.